The maximum atomic E-state index is 13.2. The van der Waals surface area contributed by atoms with Crippen LogP contribution in [0.3, 0.4) is 0 Å². The van der Waals surface area contributed by atoms with Gasteiger partial charge in [-0.25, -0.2) is 13.4 Å². The summed E-state index contributed by atoms with van der Waals surface area (Å²) in [5.41, 5.74) is 2.78. The van der Waals surface area contributed by atoms with Crippen molar-refractivity contribution < 1.29 is 8.42 Å². The summed E-state index contributed by atoms with van der Waals surface area (Å²) in [6, 6.07) is 14.5. The molecular formula is C25H26Cl2N6O2S. The van der Waals surface area contributed by atoms with Crippen molar-refractivity contribution in [2.75, 3.05) is 31.1 Å². The van der Waals surface area contributed by atoms with E-state index in [1.54, 1.807) is 35.0 Å². The standard InChI is InChI=1S/C25H26Cl2N6O2S/c1-2-3-4-18-5-8-20(9-6-18)36(34,35)32-15-13-31(14-16-32)25-29-24-28-12-11-23(33(24)30-25)19-7-10-21(26)22(27)17-19/h5-12,17H,2-4,13-16H2,1H3. The van der Waals surface area contributed by atoms with Gasteiger partial charge in [0.25, 0.3) is 5.78 Å². The van der Waals surface area contributed by atoms with Gasteiger partial charge in [0.05, 0.1) is 20.6 Å². The van der Waals surface area contributed by atoms with E-state index in [1.807, 2.05) is 29.2 Å². The molecule has 1 aliphatic rings. The first-order valence-electron chi connectivity index (χ1n) is 11.9. The van der Waals surface area contributed by atoms with Crippen molar-refractivity contribution in [1.82, 2.24) is 23.9 Å². The van der Waals surface area contributed by atoms with Gasteiger partial charge in [-0.05, 0) is 48.7 Å². The van der Waals surface area contributed by atoms with Gasteiger partial charge < -0.3 is 4.90 Å². The van der Waals surface area contributed by atoms with Crippen molar-refractivity contribution in [3.05, 3.63) is 70.3 Å². The predicted octanol–water partition coefficient (Wildman–Crippen LogP) is 4.95. The number of unbranched alkanes of at least 4 members (excludes halogenated alkanes) is 1. The van der Waals surface area contributed by atoms with Crippen LogP contribution in [0, 0.1) is 0 Å². The van der Waals surface area contributed by atoms with E-state index in [-0.39, 0.29) is 0 Å². The second-order valence-electron chi connectivity index (χ2n) is 8.72. The third-order valence-corrected chi connectivity index (χ3v) is 9.00. The molecule has 0 radical (unpaired) electrons. The number of aryl methyl sites for hydroxylation is 1. The first-order chi connectivity index (χ1) is 17.4. The first-order valence-corrected chi connectivity index (χ1v) is 14.1. The fraction of sp³-hybridized carbons (Fsp3) is 0.320. The molecule has 2 aromatic heterocycles. The summed E-state index contributed by atoms with van der Waals surface area (Å²) in [5, 5.41) is 5.60. The minimum Gasteiger partial charge on any atom is -0.337 e. The Morgan fingerprint density at radius 2 is 1.69 bits per heavy atom. The van der Waals surface area contributed by atoms with Gasteiger partial charge in [0.15, 0.2) is 0 Å². The van der Waals surface area contributed by atoms with E-state index in [2.05, 4.69) is 22.0 Å². The normalized spacial score (nSPS) is 15.0. The summed E-state index contributed by atoms with van der Waals surface area (Å²) < 4.78 is 29.6. The highest BCUT2D eigenvalue weighted by Gasteiger charge is 2.30. The molecule has 0 unspecified atom stereocenters. The molecule has 0 atom stereocenters. The highest BCUT2D eigenvalue weighted by molar-refractivity contribution is 7.89. The Balaban J connectivity index is 1.32. The molecule has 8 nitrogen and oxygen atoms in total. The van der Waals surface area contributed by atoms with Crippen molar-refractivity contribution in [1.29, 1.82) is 0 Å². The third-order valence-electron chi connectivity index (χ3n) is 6.35. The topological polar surface area (TPSA) is 83.7 Å². The monoisotopic (exact) mass is 544 g/mol. The second-order valence-corrected chi connectivity index (χ2v) is 11.5. The predicted molar refractivity (Wildman–Crippen MR) is 142 cm³/mol. The van der Waals surface area contributed by atoms with E-state index in [0.29, 0.717) is 52.8 Å². The minimum absolute atomic E-state index is 0.331. The van der Waals surface area contributed by atoms with Gasteiger partial charge in [-0.3, -0.25) is 0 Å². The molecule has 36 heavy (non-hydrogen) atoms. The summed E-state index contributed by atoms with van der Waals surface area (Å²) in [6.07, 6.45) is 4.83. The van der Waals surface area contributed by atoms with E-state index < -0.39 is 10.0 Å². The van der Waals surface area contributed by atoms with E-state index in [0.717, 1.165) is 36.1 Å². The highest BCUT2D eigenvalue weighted by atomic mass is 35.5. The van der Waals surface area contributed by atoms with Crippen LogP contribution in [0.25, 0.3) is 17.0 Å². The van der Waals surface area contributed by atoms with Crippen LogP contribution < -0.4 is 4.90 Å². The number of nitrogens with zero attached hydrogens (tertiary/aromatic N) is 6. The van der Waals surface area contributed by atoms with Crippen LogP contribution in [0.15, 0.2) is 59.6 Å². The average molecular weight is 545 g/mol. The van der Waals surface area contributed by atoms with Crippen LogP contribution in [-0.4, -0.2) is 58.5 Å². The molecule has 0 bridgehead atoms. The summed E-state index contributed by atoms with van der Waals surface area (Å²) in [4.78, 5) is 11.2. The van der Waals surface area contributed by atoms with Gasteiger partial charge in [-0.1, -0.05) is 54.7 Å². The molecule has 0 spiro atoms. The summed E-state index contributed by atoms with van der Waals surface area (Å²) in [6.45, 7) is 3.80. The number of hydrogen-bond acceptors (Lipinski definition) is 6. The van der Waals surface area contributed by atoms with Crippen LogP contribution in [0.1, 0.15) is 25.3 Å². The number of fused-ring (bicyclic) bond motifs is 1. The molecule has 1 aliphatic heterocycles. The van der Waals surface area contributed by atoms with Crippen molar-refractivity contribution >= 4 is 45.0 Å². The number of benzene rings is 2. The van der Waals surface area contributed by atoms with Gasteiger partial charge in [-0.15, -0.1) is 5.10 Å². The summed E-state index contributed by atoms with van der Waals surface area (Å²) >= 11 is 12.3. The molecule has 11 heteroatoms. The molecule has 3 heterocycles. The fourth-order valence-corrected chi connectivity index (χ4v) is 6.00. The van der Waals surface area contributed by atoms with Crippen LogP contribution in [0.2, 0.25) is 10.0 Å². The zero-order valence-corrected chi connectivity index (χ0v) is 22.1. The van der Waals surface area contributed by atoms with Crippen molar-refractivity contribution in [3.8, 4) is 11.3 Å². The van der Waals surface area contributed by atoms with Gasteiger partial charge in [0.1, 0.15) is 0 Å². The lowest BCUT2D eigenvalue weighted by atomic mass is 10.1. The van der Waals surface area contributed by atoms with Gasteiger partial charge in [-0.2, -0.15) is 13.8 Å². The van der Waals surface area contributed by atoms with E-state index in [4.69, 9.17) is 23.2 Å². The lowest BCUT2D eigenvalue weighted by Gasteiger charge is -2.33. The number of piperazine rings is 1. The van der Waals surface area contributed by atoms with Gasteiger partial charge >= 0.3 is 0 Å². The van der Waals surface area contributed by atoms with Crippen molar-refractivity contribution in [2.45, 2.75) is 31.1 Å². The number of sulfonamides is 1. The van der Waals surface area contributed by atoms with Crippen molar-refractivity contribution in [3.63, 3.8) is 0 Å². The molecule has 5 rings (SSSR count). The molecular weight excluding hydrogens is 519 g/mol. The molecule has 0 saturated carbocycles. The van der Waals surface area contributed by atoms with Crippen LogP contribution in [0.5, 0.6) is 0 Å². The largest absolute Gasteiger partial charge is 0.337 e. The van der Waals surface area contributed by atoms with Gasteiger partial charge in [0, 0.05) is 37.9 Å². The number of aromatic nitrogens is 4. The highest BCUT2D eigenvalue weighted by Crippen LogP contribution is 2.29. The third kappa shape index (κ3) is 4.93. The molecule has 4 aromatic rings. The minimum atomic E-state index is -3.55. The van der Waals surface area contributed by atoms with Crippen molar-refractivity contribution in [2.24, 2.45) is 0 Å². The summed E-state index contributed by atoms with van der Waals surface area (Å²) in [5.74, 6) is 0.958. The molecule has 2 aromatic carbocycles. The fourth-order valence-electron chi connectivity index (χ4n) is 4.28. The first kappa shape index (κ1) is 25.0. The number of halogens is 2. The molecule has 1 saturated heterocycles. The molecule has 188 valence electrons. The average Bonchev–Trinajstić information content (AvgIpc) is 3.34. The van der Waals surface area contributed by atoms with Crippen LogP contribution in [-0.2, 0) is 16.4 Å². The van der Waals surface area contributed by atoms with Crippen LogP contribution >= 0.6 is 23.2 Å². The molecule has 0 N–H and O–H groups in total. The zero-order valence-electron chi connectivity index (χ0n) is 19.8. The van der Waals surface area contributed by atoms with Gasteiger partial charge in [0.2, 0.25) is 16.0 Å². The maximum Gasteiger partial charge on any atom is 0.254 e. The quantitative estimate of drug-likeness (QED) is 0.327. The van der Waals surface area contributed by atoms with E-state index >= 15 is 0 Å². The smallest absolute Gasteiger partial charge is 0.254 e. The Hall–Kier alpha value is -2.72. The Morgan fingerprint density at radius 3 is 2.39 bits per heavy atom. The number of rotatable bonds is 7. The van der Waals surface area contributed by atoms with E-state index in [9.17, 15) is 8.42 Å². The number of anilines is 1. The Kier molecular flexibility index (Phi) is 7.16. The zero-order chi connectivity index (χ0) is 25.3. The maximum absolute atomic E-state index is 13.2. The molecule has 0 aliphatic carbocycles. The Morgan fingerprint density at radius 1 is 0.944 bits per heavy atom. The van der Waals surface area contributed by atoms with E-state index in [1.165, 1.54) is 4.31 Å². The lowest BCUT2D eigenvalue weighted by Crippen LogP contribution is -2.49. The second kappa shape index (κ2) is 10.3. The van der Waals surface area contributed by atoms with Crippen LogP contribution in [0.4, 0.5) is 5.95 Å². The Bertz CT molecular complexity index is 1480. The SMILES string of the molecule is CCCCc1ccc(S(=O)(=O)N2CCN(c3nc4nccc(-c5ccc(Cl)c(Cl)c5)n4n3)CC2)cc1. The number of hydrogen-bond donors (Lipinski definition) is 0. The molecule has 1 fully saturated rings. The lowest BCUT2D eigenvalue weighted by molar-refractivity contribution is 0.382. The molecule has 0 amide bonds. The summed E-state index contributed by atoms with van der Waals surface area (Å²) in [7, 11) is -3.55. The Labute approximate surface area is 220 Å².